The number of benzene rings is 1. The third kappa shape index (κ3) is 3.05. The summed E-state index contributed by atoms with van der Waals surface area (Å²) >= 11 is 0. The summed E-state index contributed by atoms with van der Waals surface area (Å²) in [6, 6.07) is 7.93. The SMILES string of the molecule is COc1ccc(Cn2ccc(C(O)C3CC3)c2)cc1OC. The predicted molar refractivity (Wildman–Crippen MR) is 80.8 cm³/mol. The van der Waals surface area contributed by atoms with Gasteiger partial charge in [0.05, 0.1) is 20.3 Å². The van der Waals surface area contributed by atoms with Crippen LogP contribution in [0.1, 0.15) is 30.1 Å². The summed E-state index contributed by atoms with van der Waals surface area (Å²) < 4.78 is 12.7. The molecule has 4 heteroatoms. The fraction of sp³-hybridized carbons (Fsp3) is 0.412. The van der Waals surface area contributed by atoms with Gasteiger partial charge in [-0.3, -0.25) is 0 Å². The van der Waals surface area contributed by atoms with E-state index in [9.17, 15) is 5.11 Å². The Balaban J connectivity index is 1.74. The third-order valence-electron chi connectivity index (χ3n) is 4.00. The quantitative estimate of drug-likeness (QED) is 0.888. The fourth-order valence-corrected chi connectivity index (χ4v) is 2.61. The van der Waals surface area contributed by atoms with E-state index in [1.54, 1.807) is 14.2 Å². The van der Waals surface area contributed by atoms with Crippen molar-refractivity contribution in [3.8, 4) is 11.5 Å². The zero-order chi connectivity index (χ0) is 14.8. The van der Waals surface area contributed by atoms with E-state index in [0.717, 1.165) is 42.0 Å². The maximum absolute atomic E-state index is 10.1. The van der Waals surface area contributed by atoms with Crippen molar-refractivity contribution in [1.29, 1.82) is 0 Å². The summed E-state index contributed by atoms with van der Waals surface area (Å²) in [5, 5.41) is 10.1. The molecule has 0 radical (unpaired) electrons. The van der Waals surface area contributed by atoms with Crippen LogP contribution in [-0.4, -0.2) is 23.9 Å². The van der Waals surface area contributed by atoms with Gasteiger partial charge >= 0.3 is 0 Å². The number of hydrogen-bond acceptors (Lipinski definition) is 3. The summed E-state index contributed by atoms with van der Waals surface area (Å²) in [6.45, 7) is 0.748. The Morgan fingerprint density at radius 1 is 1.19 bits per heavy atom. The lowest BCUT2D eigenvalue weighted by atomic mass is 10.1. The van der Waals surface area contributed by atoms with Gasteiger partial charge in [0.1, 0.15) is 0 Å². The summed E-state index contributed by atoms with van der Waals surface area (Å²) in [4.78, 5) is 0. The molecule has 1 saturated carbocycles. The molecule has 0 saturated heterocycles. The van der Waals surface area contributed by atoms with Crippen LogP contribution in [0.15, 0.2) is 36.7 Å². The highest BCUT2D eigenvalue weighted by Crippen LogP contribution is 2.40. The van der Waals surface area contributed by atoms with E-state index in [1.807, 2.05) is 36.7 Å². The molecule has 0 amide bonds. The van der Waals surface area contributed by atoms with E-state index in [-0.39, 0.29) is 6.10 Å². The molecular formula is C17H21NO3. The lowest BCUT2D eigenvalue weighted by Gasteiger charge is -2.10. The van der Waals surface area contributed by atoms with Crippen molar-refractivity contribution in [3.05, 3.63) is 47.8 Å². The molecule has 0 bridgehead atoms. The zero-order valence-corrected chi connectivity index (χ0v) is 12.5. The predicted octanol–water partition coefficient (Wildman–Crippen LogP) is 3.00. The van der Waals surface area contributed by atoms with Gasteiger partial charge in [0, 0.05) is 18.9 Å². The normalized spacial score (nSPS) is 15.8. The largest absolute Gasteiger partial charge is 0.493 e. The van der Waals surface area contributed by atoms with E-state index in [4.69, 9.17) is 9.47 Å². The molecule has 1 fully saturated rings. The van der Waals surface area contributed by atoms with Crippen molar-refractivity contribution in [3.63, 3.8) is 0 Å². The fourth-order valence-electron chi connectivity index (χ4n) is 2.61. The van der Waals surface area contributed by atoms with E-state index in [1.165, 1.54) is 0 Å². The first-order chi connectivity index (χ1) is 10.2. The Labute approximate surface area is 124 Å². The summed E-state index contributed by atoms with van der Waals surface area (Å²) in [7, 11) is 3.27. The van der Waals surface area contributed by atoms with Crippen molar-refractivity contribution in [2.24, 2.45) is 5.92 Å². The van der Waals surface area contributed by atoms with Crippen molar-refractivity contribution >= 4 is 0 Å². The Hall–Kier alpha value is -1.94. The molecule has 1 aliphatic rings. The Morgan fingerprint density at radius 3 is 2.62 bits per heavy atom. The molecule has 1 atom stereocenters. The molecule has 1 heterocycles. The number of rotatable bonds is 6. The summed E-state index contributed by atoms with van der Waals surface area (Å²) in [5.74, 6) is 1.93. The molecule has 3 rings (SSSR count). The second-order valence-corrected chi connectivity index (χ2v) is 5.59. The van der Waals surface area contributed by atoms with Crippen molar-refractivity contribution in [1.82, 2.24) is 4.57 Å². The van der Waals surface area contributed by atoms with Crippen LogP contribution < -0.4 is 9.47 Å². The van der Waals surface area contributed by atoms with Crippen LogP contribution >= 0.6 is 0 Å². The minimum Gasteiger partial charge on any atom is -0.493 e. The van der Waals surface area contributed by atoms with E-state index in [2.05, 4.69) is 4.57 Å². The first-order valence-corrected chi connectivity index (χ1v) is 7.26. The van der Waals surface area contributed by atoms with Crippen molar-refractivity contribution in [2.45, 2.75) is 25.5 Å². The van der Waals surface area contributed by atoms with Crippen LogP contribution in [0.3, 0.4) is 0 Å². The molecule has 1 aliphatic carbocycles. The minimum atomic E-state index is -0.309. The smallest absolute Gasteiger partial charge is 0.161 e. The van der Waals surface area contributed by atoms with Crippen molar-refractivity contribution < 1.29 is 14.6 Å². The molecule has 1 N–H and O–H groups in total. The van der Waals surface area contributed by atoms with Gasteiger partial charge in [0.2, 0.25) is 0 Å². The number of ether oxygens (including phenoxy) is 2. The number of aromatic nitrogens is 1. The lowest BCUT2D eigenvalue weighted by Crippen LogP contribution is -2.00. The van der Waals surface area contributed by atoms with E-state index >= 15 is 0 Å². The lowest BCUT2D eigenvalue weighted by molar-refractivity contribution is 0.154. The number of methoxy groups -OCH3 is 2. The van der Waals surface area contributed by atoms with Gasteiger partial charge in [-0.2, -0.15) is 0 Å². The monoisotopic (exact) mass is 287 g/mol. The standard InChI is InChI=1S/C17H21NO3/c1-20-15-6-3-12(9-16(15)21-2)10-18-8-7-14(11-18)17(19)13-4-5-13/h3,6-9,11,13,17,19H,4-5,10H2,1-2H3. The zero-order valence-electron chi connectivity index (χ0n) is 12.5. The molecule has 4 nitrogen and oxygen atoms in total. The second kappa shape index (κ2) is 5.82. The first-order valence-electron chi connectivity index (χ1n) is 7.26. The summed E-state index contributed by atoms with van der Waals surface area (Å²) in [5.41, 5.74) is 2.15. The van der Waals surface area contributed by atoms with Gasteiger partial charge in [-0.05, 0) is 48.1 Å². The average molecular weight is 287 g/mol. The molecule has 0 aliphatic heterocycles. The third-order valence-corrected chi connectivity index (χ3v) is 4.00. The summed E-state index contributed by atoms with van der Waals surface area (Å²) in [6.07, 6.45) is 6.01. The topological polar surface area (TPSA) is 43.6 Å². The highest BCUT2D eigenvalue weighted by Gasteiger charge is 2.31. The molecule has 0 spiro atoms. The maximum atomic E-state index is 10.1. The molecule has 2 aromatic rings. The van der Waals surface area contributed by atoms with Gasteiger partial charge in [-0.1, -0.05) is 6.07 Å². The molecule has 1 aromatic carbocycles. The number of aliphatic hydroxyl groups is 1. The average Bonchev–Trinajstić information content (AvgIpc) is 3.26. The van der Waals surface area contributed by atoms with E-state index in [0.29, 0.717) is 5.92 Å². The van der Waals surface area contributed by atoms with Crippen molar-refractivity contribution in [2.75, 3.05) is 14.2 Å². The Kier molecular flexibility index (Phi) is 3.88. The van der Waals surface area contributed by atoms with Gasteiger partial charge in [0.25, 0.3) is 0 Å². The highest BCUT2D eigenvalue weighted by molar-refractivity contribution is 5.43. The van der Waals surface area contributed by atoms with Crippen LogP contribution in [0.25, 0.3) is 0 Å². The van der Waals surface area contributed by atoms with Gasteiger partial charge in [-0.25, -0.2) is 0 Å². The Bertz CT molecular complexity index is 616. The van der Waals surface area contributed by atoms with Gasteiger partial charge in [-0.15, -0.1) is 0 Å². The second-order valence-electron chi connectivity index (χ2n) is 5.59. The molecule has 1 unspecified atom stereocenters. The van der Waals surface area contributed by atoms with Crippen LogP contribution in [-0.2, 0) is 6.54 Å². The minimum absolute atomic E-state index is 0.309. The molecule has 1 aromatic heterocycles. The highest BCUT2D eigenvalue weighted by atomic mass is 16.5. The van der Waals surface area contributed by atoms with E-state index < -0.39 is 0 Å². The molecular weight excluding hydrogens is 266 g/mol. The number of nitrogens with zero attached hydrogens (tertiary/aromatic N) is 1. The molecule has 21 heavy (non-hydrogen) atoms. The number of hydrogen-bond donors (Lipinski definition) is 1. The van der Waals surface area contributed by atoms with Gasteiger partial charge < -0.3 is 19.1 Å². The van der Waals surface area contributed by atoms with Crippen LogP contribution in [0.4, 0.5) is 0 Å². The number of aliphatic hydroxyl groups excluding tert-OH is 1. The maximum Gasteiger partial charge on any atom is 0.161 e. The van der Waals surface area contributed by atoms with Crippen LogP contribution in [0.2, 0.25) is 0 Å². The van der Waals surface area contributed by atoms with Crippen LogP contribution in [0, 0.1) is 5.92 Å². The first kappa shape index (κ1) is 14.0. The molecule has 112 valence electrons. The van der Waals surface area contributed by atoms with Gasteiger partial charge in [0.15, 0.2) is 11.5 Å². The van der Waals surface area contributed by atoms with Crippen LogP contribution in [0.5, 0.6) is 11.5 Å². The Morgan fingerprint density at radius 2 is 1.95 bits per heavy atom.